The number of halogens is 1. The molecule has 0 aromatic heterocycles. The summed E-state index contributed by atoms with van der Waals surface area (Å²) in [6.07, 6.45) is 0. The Morgan fingerprint density at radius 3 is 2.67 bits per heavy atom. The number of ether oxygens (including phenoxy) is 1. The molecule has 0 saturated carbocycles. The van der Waals surface area contributed by atoms with Crippen LogP contribution in [0, 0.1) is 0 Å². The molecule has 0 aliphatic carbocycles. The van der Waals surface area contributed by atoms with Gasteiger partial charge in [0, 0.05) is 17.8 Å². The van der Waals surface area contributed by atoms with Crippen molar-refractivity contribution in [2.24, 2.45) is 0 Å². The summed E-state index contributed by atoms with van der Waals surface area (Å²) < 4.78 is 32.2. The van der Waals surface area contributed by atoms with Crippen LogP contribution in [0.1, 0.15) is 5.56 Å². The van der Waals surface area contributed by atoms with Crippen LogP contribution in [0.3, 0.4) is 0 Å². The van der Waals surface area contributed by atoms with Crippen LogP contribution in [-0.4, -0.2) is 15.5 Å². The van der Waals surface area contributed by atoms with E-state index in [1.54, 1.807) is 25.3 Å². The van der Waals surface area contributed by atoms with Gasteiger partial charge in [-0.25, -0.2) is 8.42 Å². The van der Waals surface area contributed by atoms with Gasteiger partial charge in [-0.2, -0.15) is 0 Å². The summed E-state index contributed by atoms with van der Waals surface area (Å²) in [5, 5.41) is 0.383. The van der Waals surface area contributed by atoms with Crippen LogP contribution in [0.25, 0.3) is 0 Å². The molecule has 2 rings (SSSR count). The minimum atomic E-state index is -3.77. The maximum atomic E-state index is 12.3. The zero-order valence-electron chi connectivity index (χ0n) is 11.3. The van der Waals surface area contributed by atoms with Crippen molar-refractivity contribution >= 4 is 33.0 Å². The second-order valence-corrected chi connectivity index (χ2v) is 6.51. The van der Waals surface area contributed by atoms with Gasteiger partial charge in [0.25, 0.3) is 10.0 Å². The minimum absolute atomic E-state index is 0.0101. The van der Waals surface area contributed by atoms with E-state index < -0.39 is 10.0 Å². The Kier molecular flexibility index (Phi) is 4.72. The van der Waals surface area contributed by atoms with E-state index in [0.29, 0.717) is 17.3 Å². The molecule has 0 heterocycles. The van der Waals surface area contributed by atoms with Crippen LogP contribution < -0.4 is 10.5 Å². The van der Waals surface area contributed by atoms with Gasteiger partial charge in [-0.15, -0.1) is 0 Å². The Morgan fingerprint density at radius 2 is 2.00 bits per heavy atom. The fraction of sp³-hybridized carbons (Fsp3) is 0.143. The normalized spacial score (nSPS) is 11.3. The molecule has 0 unspecified atom stereocenters. The quantitative estimate of drug-likeness (QED) is 0.828. The van der Waals surface area contributed by atoms with Gasteiger partial charge in [0.05, 0.1) is 12.3 Å². The number of nitrogen functional groups attached to an aromatic ring is 1. The number of hydrogen-bond acceptors (Lipinski definition) is 4. The highest BCUT2D eigenvalue weighted by atomic mass is 35.5. The van der Waals surface area contributed by atoms with E-state index in [4.69, 9.17) is 22.1 Å². The van der Waals surface area contributed by atoms with Crippen molar-refractivity contribution in [2.75, 3.05) is 17.6 Å². The Morgan fingerprint density at radius 1 is 1.24 bits per heavy atom. The largest absolute Gasteiger partial charge is 0.398 e. The third kappa shape index (κ3) is 3.87. The Bertz CT molecular complexity index is 748. The van der Waals surface area contributed by atoms with Gasteiger partial charge in [0.15, 0.2) is 0 Å². The molecule has 0 saturated heterocycles. The molecule has 0 radical (unpaired) electrons. The van der Waals surface area contributed by atoms with E-state index in [0.717, 1.165) is 5.56 Å². The van der Waals surface area contributed by atoms with Gasteiger partial charge in [0.2, 0.25) is 0 Å². The van der Waals surface area contributed by atoms with E-state index in [9.17, 15) is 8.42 Å². The Labute approximate surface area is 128 Å². The molecule has 0 aliphatic rings. The summed E-state index contributed by atoms with van der Waals surface area (Å²) >= 11 is 5.77. The van der Waals surface area contributed by atoms with Gasteiger partial charge in [-0.3, -0.25) is 4.72 Å². The van der Waals surface area contributed by atoms with Gasteiger partial charge >= 0.3 is 0 Å². The van der Waals surface area contributed by atoms with E-state index in [2.05, 4.69) is 4.72 Å². The van der Waals surface area contributed by atoms with E-state index >= 15 is 0 Å². The fourth-order valence-corrected chi connectivity index (χ4v) is 3.21. The van der Waals surface area contributed by atoms with Gasteiger partial charge in [0.1, 0.15) is 4.90 Å². The van der Waals surface area contributed by atoms with Gasteiger partial charge in [-0.1, -0.05) is 23.7 Å². The lowest BCUT2D eigenvalue weighted by atomic mass is 10.2. The first kappa shape index (κ1) is 15.6. The molecule has 2 aromatic rings. The van der Waals surface area contributed by atoms with Crippen molar-refractivity contribution in [3.63, 3.8) is 0 Å². The highest BCUT2D eigenvalue weighted by molar-refractivity contribution is 7.92. The Hall–Kier alpha value is -1.76. The predicted octanol–water partition coefficient (Wildman–Crippen LogP) is 2.87. The van der Waals surface area contributed by atoms with Crippen LogP contribution in [0.5, 0.6) is 0 Å². The monoisotopic (exact) mass is 326 g/mol. The molecule has 5 nitrogen and oxygen atoms in total. The number of hydrogen-bond donors (Lipinski definition) is 2. The average Bonchev–Trinajstić information content (AvgIpc) is 2.38. The third-order valence-corrected chi connectivity index (χ3v) is 4.44. The Balaban J connectivity index is 2.31. The molecule has 0 amide bonds. The number of rotatable bonds is 5. The van der Waals surface area contributed by atoms with Crippen molar-refractivity contribution in [1.82, 2.24) is 0 Å². The van der Waals surface area contributed by atoms with Crippen molar-refractivity contribution in [3.8, 4) is 0 Å². The average molecular weight is 327 g/mol. The number of methoxy groups -OCH3 is 1. The summed E-state index contributed by atoms with van der Waals surface area (Å²) in [7, 11) is -2.19. The highest BCUT2D eigenvalue weighted by Gasteiger charge is 2.17. The zero-order chi connectivity index (χ0) is 15.5. The molecule has 112 valence electrons. The standard InChI is InChI=1S/C14H15ClN2O3S/c1-20-9-10-3-2-4-12(7-10)17-21(18,19)14-6-5-11(15)8-13(14)16/h2-8,17H,9,16H2,1H3. The van der Waals surface area contributed by atoms with Gasteiger partial charge < -0.3 is 10.5 Å². The first-order valence-electron chi connectivity index (χ1n) is 6.08. The molecule has 0 fully saturated rings. The van der Waals surface area contributed by atoms with Crippen LogP contribution in [0.2, 0.25) is 5.02 Å². The topological polar surface area (TPSA) is 81.4 Å². The SMILES string of the molecule is COCc1cccc(NS(=O)(=O)c2ccc(Cl)cc2N)c1. The van der Waals surface area contributed by atoms with Crippen LogP contribution in [0.15, 0.2) is 47.4 Å². The molecule has 3 N–H and O–H groups in total. The van der Waals surface area contributed by atoms with E-state index in [1.165, 1.54) is 18.2 Å². The predicted molar refractivity (Wildman–Crippen MR) is 83.8 cm³/mol. The summed E-state index contributed by atoms with van der Waals surface area (Å²) in [6, 6.07) is 11.2. The number of sulfonamides is 1. The maximum Gasteiger partial charge on any atom is 0.263 e. The second-order valence-electron chi connectivity index (χ2n) is 4.42. The van der Waals surface area contributed by atoms with Gasteiger partial charge in [-0.05, 0) is 35.9 Å². The molecule has 0 aliphatic heterocycles. The number of benzene rings is 2. The van der Waals surface area contributed by atoms with Crippen molar-refractivity contribution in [1.29, 1.82) is 0 Å². The van der Waals surface area contributed by atoms with E-state index in [1.807, 2.05) is 6.07 Å². The summed E-state index contributed by atoms with van der Waals surface area (Å²) in [5.74, 6) is 0. The van der Waals surface area contributed by atoms with Crippen molar-refractivity contribution < 1.29 is 13.2 Å². The number of nitrogens with two attached hydrogens (primary N) is 1. The molecule has 0 bridgehead atoms. The van der Waals surface area contributed by atoms with Crippen molar-refractivity contribution in [3.05, 3.63) is 53.1 Å². The lowest BCUT2D eigenvalue weighted by Crippen LogP contribution is -2.14. The summed E-state index contributed by atoms with van der Waals surface area (Å²) in [6.45, 7) is 0.401. The smallest absolute Gasteiger partial charge is 0.263 e. The second kappa shape index (κ2) is 6.34. The lowest BCUT2D eigenvalue weighted by Gasteiger charge is -2.11. The highest BCUT2D eigenvalue weighted by Crippen LogP contribution is 2.25. The van der Waals surface area contributed by atoms with Crippen LogP contribution >= 0.6 is 11.6 Å². The molecule has 7 heteroatoms. The molecule has 2 aromatic carbocycles. The van der Waals surface area contributed by atoms with Crippen LogP contribution in [0.4, 0.5) is 11.4 Å². The molecule has 0 spiro atoms. The van der Waals surface area contributed by atoms with E-state index in [-0.39, 0.29) is 10.6 Å². The number of nitrogens with one attached hydrogen (secondary N) is 1. The fourth-order valence-electron chi connectivity index (χ4n) is 1.87. The zero-order valence-corrected chi connectivity index (χ0v) is 12.9. The molecular weight excluding hydrogens is 312 g/mol. The van der Waals surface area contributed by atoms with Crippen LogP contribution in [-0.2, 0) is 21.4 Å². The number of anilines is 2. The summed E-state index contributed by atoms with van der Waals surface area (Å²) in [4.78, 5) is -0.0101. The molecule has 21 heavy (non-hydrogen) atoms. The molecular formula is C14H15ClN2O3S. The molecule has 0 atom stereocenters. The first-order chi connectivity index (χ1) is 9.92. The minimum Gasteiger partial charge on any atom is -0.398 e. The first-order valence-corrected chi connectivity index (χ1v) is 7.94. The third-order valence-electron chi connectivity index (χ3n) is 2.75. The summed E-state index contributed by atoms with van der Waals surface area (Å²) in [5.41, 5.74) is 7.12. The lowest BCUT2D eigenvalue weighted by molar-refractivity contribution is 0.185. The maximum absolute atomic E-state index is 12.3. The van der Waals surface area contributed by atoms with Crippen molar-refractivity contribution in [2.45, 2.75) is 11.5 Å².